The standard InChI is InChI=1S/C20H21N3O2S2/c1-22(2)18(24)13-9-7-12(8-10-13)11-26-20-21-17-16(19(25)23(20)3)14-5-4-6-15(14)27-17/h7-10H,4-6,11H2,1-3H3. The molecule has 4 rings (SSSR count). The molecule has 0 aliphatic heterocycles. The second-order valence-electron chi connectivity index (χ2n) is 6.98. The summed E-state index contributed by atoms with van der Waals surface area (Å²) in [5.74, 6) is 0.697. The van der Waals surface area contributed by atoms with Crippen LogP contribution in [0.3, 0.4) is 0 Å². The van der Waals surface area contributed by atoms with E-state index in [4.69, 9.17) is 4.98 Å². The molecule has 1 aromatic carbocycles. The van der Waals surface area contributed by atoms with Gasteiger partial charge in [0.05, 0.1) is 5.39 Å². The van der Waals surface area contributed by atoms with Gasteiger partial charge in [-0.25, -0.2) is 4.98 Å². The predicted molar refractivity (Wildman–Crippen MR) is 111 cm³/mol. The molecule has 2 heterocycles. The van der Waals surface area contributed by atoms with E-state index in [0.29, 0.717) is 11.3 Å². The van der Waals surface area contributed by atoms with Crippen LogP contribution in [-0.2, 0) is 25.6 Å². The normalized spacial score (nSPS) is 13.1. The summed E-state index contributed by atoms with van der Waals surface area (Å²) in [4.78, 5) is 33.4. The van der Waals surface area contributed by atoms with Crippen molar-refractivity contribution < 1.29 is 4.79 Å². The molecular weight excluding hydrogens is 378 g/mol. The minimum absolute atomic E-state index is 0.00513. The molecule has 0 saturated carbocycles. The zero-order valence-corrected chi connectivity index (χ0v) is 17.2. The highest BCUT2D eigenvalue weighted by Crippen LogP contribution is 2.35. The maximum Gasteiger partial charge on any atom is 0.262 e. The van der Waals surface area contributed by atoms with Crippen molar-refractivity contribution in [2.45, 2.75) is 30.2 Å². The number of aryl methyl sites for hydroxylation is 2. The Kier molecular flexibility index (Phi) is 4.82. The minimum atomic E-state index is -0.00513. The quantitative estimate of drug-likeness (QED) is 0.498. The zero-order chi connectivity index (χ0) is 19.1. The molecule has 0 radical (unpaired) electrons. The van der Waals surface area contributed by atoms with Gasteiger partial charge in [0.1, 0.15) is 4.83 Å². The molecule has 0 spiro atoms. The number of rotatable bonds is 4. The molecule has 0 bridgehead atoms. The average Bonchev–Trinajstić information content (AvgIpc) is 3.24. The molecule has 3 aromatic rings. The molecule has 0 unspecified atom stereocenters. The molecule has 5 nitrogen and oxygen atoms in total. The van der Waals surface area contributed by atoms with E-state index < -0.39 is 0 Å². The van der Waals surface area contributed by atoms with Gasteiger partial charge in [-0.05, 0) is 42.5 Å². The van der Waals surface area contributed by atoms with Gasteiger partial charge in [-0.1, -0.05) is 23.9 Å². The van der Waals surface area contributed by atoms with Gasteiger partial charge in [-0.3, -0.25) is 14.2 Å². The summed E-state index contributed by atoms with van der Waals surface area (Å²) >= 11 is 3.23. The smallest absolute Gasteiger partial charge is 0.262 e. The second kappa shape index (κ2) is 7.13. The molecule has 140 valence electrons. The van der Waals surface area contributed by atoms with Crippen molar-refractivity contribution in [2.24, 2.45) is 7.05 Å². The topological polar surface area (TPSA) is 55.2 Å². The molecule has 1 amide bonds. The molecule has 0 saturated heterocycles. The van der Waals surface area contributed by atoms with E-state index >= 15 is 0 Å². The van der Waals surface area contributed by atoms with Crippen LogP contribution in [0, 0.1) is 0 Å². The highest BCUT2D eigenvalue weighted by atomic mass is 32.2. The van der Waals surface area contributed by atoms with Crippen molar-refractivity contribution >= 4 is 39.2 Å². The molecule has 0 N–H and O–H groups in total. The summed E-state index contributed by atoms with van der Waals surface area (Å²) in [5.41, 5.74) is 3.06. The number of benzene rings is 1. The van der Waals surface area contributed by atoms with E-state index in [1.54, 1.807) is 53.7 Å². The Bertz CT molecular complexity index is 1080. The summed E-state index contributed by atoms with van der Waals surface area (Å²) < 4.78 is 1.67. The minimum Gasteiger partial charge on any atom is -0.345 e. The first-order valence-corrected chi connectivity index (χ1v) is 10.7. The zero-order valence-electron chi connectivity index (χ0n) is 15.6. The van der Waals surface area contributed by atoms with Gasteiger partial charge < -0.3 is 4.90 Å². The van der Waals surface area contributed by atoms with Gasteiger partial charge in [0.15, 0.2) is 5.16 Å². The molecule has 2 aromatic heterocycles. The molecule has 27 heavy (non-hydrogen) atoms. The number of fused-ring (bicyclic) bond motifs is 3. The molecule has 1 aliphatic rings. The fraction of sp³-hybridized carbons (Fsp3) is 0.350. The number of carbonyl (C=O) groups is 1. The molecule has 1 aliphatic carbocycles. The number of thioether (sulfide) groups is 1. The summed E-state index contributed by atoms with van der Waals surface area (Å²) in [6.07, 6.45) is 3.21. The van der Waals surface area contributed by atoms with Crippen LogP contribution < -0.4 is 5.56 Å². The largest absolute Gasteiger partial charge is 0.345 e. The number of nitrogens with zero attached hydrogens (tertiary/aromatic N) is 3. The van der Waals surface area contributed by atoms with Crippen LogP contribution in [0.1, 0.15) is 32.8 Å². The Labute approximate surface area is 166 Å². The van der Waals surface area contributed by atoms with Crippen LogP contribution in [-0.4, -0.2) is 34.5 Å². The van der Waals surface area contributed by atoms with Gasteiger partial charge in [0, 0.05) is 37.3 Å². The van der Waals surface area contributed by atoms with Crippen LogP contribution in [0.2, 0.25) is 0 Å². The number of thiophene rings is 1. The first-order chi connectivity index (χ1) is 13.0. The number of hydrogen-bond acceptors (Lipinski definition) is 5. The monoisotopic (exact) mass is 399 g/mol. The molecular formula is C20H21N3O2S2. The van der Waals surface area contributed by atoms with Gasteiger partial charge in [0.2, 0.25) is 0 Å². The van der Waals surface area contributed by atoms with Crippen molar-refractivity contribution in [1.82, 2.24) is 14.5 Å². The predicted octanol–water partition coefficient (Wildman–Crippen LogP) is 3.48. The van der Waals surface area contributed by atoms with Crippen LogP contribution >= 0.6 is 23.1 Å². The first-order valence-electron chi connectivity index (χ1n) is 8.90. The third-order valence-corrected chi connectivity index (χ3v) is 7.17. The van der Waals surface area contributed by atoms with Gasteiger partial charge in [-0.2, -0.15) is 0 Å². The van der Waals surface area contributed by atoms with Gasteiger partial charge >= 0.3 is 0 Å². The van der Waals surface area contributed by atoms with E-state index in [1.807, 2.05) is 24.3 Å². The summed E-state index contributed by atoms with van der Waals surface area (Å²) in [5, 5.41) is 1.56. The molecule has 0 fully saturated rings. The first kappa shape index (κ1) is 18.3. The van der Waals surface area contributed by atoms with Crippen molar-refractivity contribution in [3.63, 3.8) is 0 Å². The van der Waals surface area contributed by atoms with Crippen LogP contribution in [0.4, 0.5) is 0 Å². The lowest BCUT2D eigenvalue weighted by molar-refractivity contribution is 0.0827. The summed E-state index contributed by atoms with van der Waals surface area (Å²) in [6, 6.07) is 7.61. The lowest BCUT2D eigenvalue weighted by Gasteiger charge is -2.11. The van der Waals surface area contributed by atoms with Crippen LogP contribution in [0.15, 0.2) is 34.2 Å². The van der Waals surface area contributed by atoms with Crippen molar-refractivity contribution in [3.8, 4) is 0 Å². The third-order valence-electron chi connectivity index (χ3n) is 4.88. The lowest BCUT2D eigenvalue weighted by atomic mass is 10.1. The summed E-state index contributed by atoms with van der Waals surface area (Å²) in [6.45, 7) is 0. The fourth-order valence-electron chi connectivity index (χ4n) is 3.38. The number of amides is 1. The van der Waals surface area contributed by atoms with Crippen molar-refractivity contribution in [1.29, 1.82) is 0 Å². The highest BCUT2D eigenvalue weighted by Gasteiger charge is 2.22. The third kappa shape index (κ3) is 3.30. The number of aromatic nitrogens is 2. The van der Waals surface area contributed by atoms with Gasteiger partial charge in [-0.15, -0.1) is 11.3 Å². The molecule has 0 atom stereocenters. The Morgan fingerprint density at radius 2 is 2.00 bits per heavy atom. The van der Waals surface area contributed by atoms with E-state index in [1.165, 1.54) is 10.4 Å². The maximum absolute atomic E-state index is 12.8. The maximum atomic E-state index is 12.8. The van der Waals surface area contributed by atoms with Crippen LogP contribution in [0.25, 0.3) is 10.2 Å². The van der Waals surface area contributed by atoms with E-state index in [2.05, 4.69) is 0 Å². The SMILES string of the molecule is CN(C)C(=O)c1ccc(CSc2nc3sc4c(c3c(=O)n2C)CCC4)cc1. The second-order valence-corrected chi connectivity index (χ2v) is 9.01. The Morgan fingerprint density at radius 3 is 2.70 bits per heavy atom. The van der Waals surface area contributed by atoms with E-state index in [-0.39, 0.29) is 11.5 Å². The average molecular weight is 400 g/mol. The van der Waals surface area contributed by atoms with E-state index in [0.717, 1.165) is 40.2 Å². The Balaban J connectivity index is 1.57. The fourth-order valence-corrected chi connectivity index (χ4v) is 5.61. The van der Waals surface area contributed by atoms with Gasteiger partial charge in [0.25, 0.3) is 11.5 Å². The Hall–Kier alpha value is -2.12. The van der Waals surface area contributed by atoms with Crippen molar-refractivity contribution in [2.75, 3.05) is 14.1 Å². The number of carbonyl (C=O) groups excluding carboxylic acids is 1. The summed E-state index contributed by atoms with van der Waals surface area (Å²) in [7, 11) is 5.29. The van der Waals surface area contributed by atoms with Crippen molar-refractivity contribution in [3.05, 3.63) is 56.2 Å². The Morgan fingerprint density at radius 1 is 1.26 bits per heavy atom. The van der Waals surface area contributed by atoms with E-state index in [9.17, 15) is 9.59 Å². The highest BCUT2D eigenvalue weighted by molar-refractivity contribution is 7.98. The molecule has 7 heteroatoms. The lowest BCUT2D eigenvalue weighted by Crippen LogP contribution is -2.21. The number of hydrogen-bond donors (Lipinski definition) is 0. The van der Waals surface area contributed by atoms with Crippen LogP contribution in [0.5, 0.6) is 0 Å².